The second-order valence-electron chi connectivity index (χ2n) is 8.24. The van der Waals surface area contributed by atoms with Crippen LogP contribution in [0.4, 0.5) is 17.2 Å². The highest BCUT2D eigenvalue weighted by molar-refractivity contribution is 5.84. The summed E-state index contributed by atoms with van der Waals surface area (Å²) in [4.78, 5) is 11.6. The monoisotopic (exact) mass is 425 g/mol. The molecular formula is C24H23N7O. The number of aromatic nitrogens is 5. The molecule has 6 rings (SSSR count). The van der Waals surface area contributed by atoms with Gasteiger partial charge in [0.1, 0.15) is 0 Å². The molecule has 0 spiro atoms. The summed E-state index contributed by atoms with van der Waals surface area (Å²) in [6, 6.07) is 14.5. The highest BCUT2D eigenvalue weighted by Crippen LogP contribution is 2.28. The highest BCUT2D eigenvalue weighted by Gasteiger charge is 2.20. The van der Waals surface area contributed by atoms with Crippen molar-refractivity contribution in [3.63, 3.8) is 0 Å². The molecule has 2 aromatic carbocycles. The molecule has 32 heavy (non-hydrogen) atoms. The van der Waals surface area contributed by atoms with Crippen LogP contribution < -0.4 is 10.2 Å². The Hall–Kier alpha value is -3.91. The zero-order valence-electron chi connectivity index (χ0n) is 17.7. The Balaban J connectivity index is 1.34. The van der Waals surface area contributed by atoms with E-state index < -0.39 is 0 Å². The maximum absolute atomic E-state index is 9.80. The van der Waals surface area contributed by atoms with E-state index in [2.05, 4.69) is 50.6 Å². The van der Waals surface area contributed by atoms with Gasteiger partial charge >= 0.3 is 0 Å². The molecule has 0 unspecified atom stereocenters. The van der Waals surface area contributed by atoms with Gasteiger partial charge in [-0.25, -0.2) is 9.97 Å². The van der Waals surface area contributed by atoms with Gasteiger partial charge < -0.3 is 19.7 Å². The van der Waals surface area contributed by atoms with Crippen molar-refractivity contribution >= 4 is 33.7 Å². The molecule has 4 heterocycles. The summed E-state index contributed by atoms with van der Waals surface area (Å²) < 4.78 is 3.85. The second-order valence-corrected chi connectivity index (χ2v) is 8.24. The predicted octanol–water partition coefficient (Wildman–Crippen LogP) is 3.60. The number of rotatable bonds is 4. The minimum Gasteiger partial charge on any atom is -0.391 e. The number of imidazole rings is 1. The number of fused-ring (bicyclic) bond motifs is 2. The Bertz CT molecular complexity index is 1420. The van der Waals surface area contributed by atoms with Crippen LogP contribution in [-0.2, 0) is 7.05 Å². The fraction of sp³-hybridized carbons (Fsp3) is 0.208. The first-order chi connectivity index (χ1) is 15.6. The minimum atomic E-state index is -0.237. The van der Waals surface area contributed by atoms with Crippen LogP contribution in [0.2, 0.25) is 0 Å². The van der Waals surface area contributed by atoms with Crippen LogP contribution in [0.1, 0.15) is 6.42 Å². The number of benzene rings is 2. The van der Waals surface area contributed by atoms with E-state index in [1.165, 1.54) is 0 Å². The van der Waals surface area contributed by atoms with Gasteiger partial charge in [-0.15, -0.1) is 0 Å². The molecule has 1 aliphatic heterocycles. The number of nitrogens with one attached hydrogen (secondary N) is 1. The van der Waals surface area contributed by atoms with Gasteiger partial charge in [-0.05, 0) is 36.8 Å². The van der Waals surface area contributed by atoms with E-state index in [9.17, 15) is 5.11 Å². The lowest BCUT2D eigenvalue weighted by molar-refractivity contribution is 0.198. The molecule has 0 bridgehead atoms. The lowest BCUT2D eigenvalue weighted by Gasteiger charge is -2.18. The smallest absolute Gasteiger partial charge is 0.180 e. The lowest BCUT2D eigenvalue weighted by atomic mass is 10.1. The van der Waals surface area contributed by atoms with Crippen molar-refractivity contribution in [2.45, 2.75) is 12.5 Å². The van der Waals surface area contributed by atoms with Gasteiger partial charge in [0.2, 0.25) is 0 Å². The van der Waals surface area contributed by atoms with Crippen LogP contribution in [0.3, 0.4) is 0 Å². The van der Waals surface area contributed by atoms with Gasteiger partial charge in [-0.2, -0.15) is 5.10 Å². The molecule has 160 valence electrons. The summed E-state index contributed by atoms with van der Waals surface area (Å²) in [6.07, 6.45) is 8.14. The second kappa shape index (κ2) is 7.35. The van der Waals surface area contributed by atoms with Gasteiger partial charge in [0.15, 0.2) is 11.5 Å². The van der Waals surface area contributed by atoms with Crippen LogP contribution in [0.15, 0.2) is 67.3 Å². The largest absolute Gasteiger partial charge is 0.391 e. The average Bonchev–Trinajstić information content (AvgIpc) is 3.54. The molecule has 0 saturated carbocycles. The number of aryl methyl sites for hydroxylation is 1. The van der Waals surface area contributed by atoms with Crippen molar-refractivity contribution in [3.8, 4) is 11.3 Å². The topological polar surface area (TPSA) is 83.5 Å². The van der Waals surface area contributed by atoms with E-state index in [1.807, 2.05) is 46.9 Å². The number of hydrogen-bond acceptors (Lipinski definition) is 6. The highest BCUT2D eigenvalue weighted by atomic mass is 16.3. The fourth-order valence-electron chi connectivity index (χ4n) is 4.33. The van der Waals surface area contributed by atoms with Crippen molar-refractivity contribution < 1.29 is 5.11 Å². The Morgan fingerprint density at radius 1 is 1.12 bits per heavy atom. The Morgan fingerprint density at radius 3 is 2.81 bits per heavy atom. The van der Waals surface area contributed by atoms with Crippen molar-refractivity contribution in [3.05, 3.63) is 67.3 Å². The summed E-state index contributed by atoms with van der Waals surface area (Å²) in [6.45, 7) is 1.57. The summed E-state index contributed by atoms with van der Waals surface area (Å²) in [7, 11) is 1.94. The third-order valence-electron chi connectivity index (χ3n) is 6.08. The van der Waals surface area contributed by atoms with E-state index >= 15 is 0 Å². The number of nitrogens with zero attached hydrogens (tertiary/aromatic N) is 6. The van der Waals surface area contributed by atoms with Gasteiger partial charge in [0.25, 0.3) is 0 Å². The van der Waals surface area contributed by atoms with Crippen molar-refractivity contribution in [2.75, 3.05) is 23.3 Å². The number of aliphatic hydroxyl groups excluding tert-OH is 1. The fourth-order valence-corrected chi connectivity index (χ4v) is 4.33. The molecular weight excluding hydrogens is 402 g/mol. The maximum Gasteiger partial charge on any atom is 0.180 e. The van der Waals surface area contributed by atoms with Gasteiger partial charge in [0.05, 0.1) is 23.5 Å². The predicted molar refractivity (Wildman–Crippen MR) is 125 cm³/mol. The molecule has 1 atom stereocenters. The molecule has 3 aromatic heterocycles. The maximum atomic E-state index is 9.80. The average molecular weight is 425 g/mol. The number of β-amino-alcohol motifs (C(OH)–C–C–N with tert-alkyl or cyclic N) is 1. The lowest BCUT2D eigenvalue weighted by Crippen LogP contribution is -2.20. The minimum absolute atomic E-state index is 0.237. The van der Waals surface area contributed by atoms with E-state index in [1.54, 1.807) is 6.20 Å². The van der Waals surface area contributed by atoms with E-state index in [0.29, 0.717) is 12.4 Å². The molecule has 1 fully saturated rings. The molecule has 5 aromatic rings. The molecule has 0 radical (unpaired) electrons. The quantitative estimate of drug-likeness (QED) is 0.458. The molecule has 0 amide bonds. The summed E-state index contributed by atoms with van der Waals surface area (Å²) in [5, 5.41) is 18.7. The van der Waals surface area contributed by atoms with Gasteiger partial charge in [-0.3, -0.25) is 4.68 Å². The number of hydrogen-bond donors (Lipinski definition) is 2. The van der Waals surface area contributed by atoms with Crippen LogP contribution in [0.25, 0.3) is 27.8 Å². The first-order valence-electron chi connectivity index (χ1n) is 10.7. The summed E-state index contributed by atoms with van der Waals surface area (Å²) in [5.41, 5.74) is 5.75. The Labute approximate surface area is 184 Å². The van der Waals surface area contributed by atoms with Crippen molar-refractivity contribution in [1.29, 1.82) is 0 Å². The standard InChI is InChI=1S/C24H23N7O/c1-29-22-12-16(2-3-17(22)13-26-29)21-15-31-11-9-25-24(31)23(28-21)27-18-4-6-19(7-5-18)30-10-8-20(32)14-30/h2-7,9,11-13,15,20,32H,8,10,14H2,1H3,(H,27,28)/t20-/m0/s1. The Kier molecular flexibility index (Phi) is 4.32. The molecule has 8 heteroatoms. The number of aliphatic hydroxyl groups is 1. The summed E-state index contributed by atoms with van der Waals surface area (Å²) >= 11 is 0. The van der Waals surface area contributed by atoms with Crippen LogP contribution in [0, 0.1) is 0 Å². The van der Waals surface area contributed by atoms with Crippen molar-refractivity contribution in [1.82, 2.24) is 24.1 Å². The zero-order chi connectivity index (χ0) is 21.7. The first kappa shape index (κ1) is 18.8. The third-order valence-corrected chi connectivity index (χ3v) is 6.08. The van der Waals surface area contributed by atoms with Crippen LogP contribution >= 0.6 is 0 Å². The third kappa shape index (κ3) is 3.25. The zero-order valence-corrected chi connectivity index (χ0v) is 17.7. The first-order valence-corrected chi connectivity index (χ1v) is 10.7. The Morgan fingerprint density at radius 2 is 2.00 bits per heavy atom. The van der Waals surface area contributed by atoms with Crippen molar-refractivity contribution in [2.24, 2.45) is 7.05 Å². The van der Waals surface area contributed by atoms with E-state index in [0.717, 1.165) is 52.1 Å². The molecule has 0 aliphatic carbocycles. The molecule has 8 nitrogen and oxygen atoms in total. The molecule has 2 N–H and O–H groups in total. The van der Waals surface area contributed by atoms with Crippen LogP contribution in [-0.4, -0.2) is 48.4 Å². The normalized spacial score (nSPS) is 16.3. The number of anilines is 3. The van der Waals surface area contributed by atoms with Gasteiger partial charge in [-0.1, -0.05) is 12.1 Å². The van der Waals surface area contributed by atoms with Crippen LogP contribution in [0.5, 0.6) is 0 Å². The van der Waals surface area contributed by atoms with Gasteiger partial charge in [0, 0.05) is 61.1 Å². The SMILES string of the molecule is Cn1ncc2ccc(-c3cn4ccnc4c(Nc4ccc(N5CC[C@H](O)C5)cc4)n3)cc21. The van der Waals surface area contributed by atoms with E-state index in [4.69, 9.17) is 4.98 Å². The summed E-state index contributed by atoms with van der Waals surface area (Å²) in [5.74, 6) is 0.696. The van der Waals surface area contributed by atoms with E-state index in [-0.39, 0.29) is 6.10 Å². The molecule has 1 aliphatic rings. The molecule has 1 saturated heterocycles.